The summed E-state index contributed by atoms with van der Waals surface area (Å²) in [5.41, 5.74) is 1.10. The number of nitrogens with two attached hydrogens (primary N) is 1. The number of esters is 1. The lowest BCUT2D eigenvalue weighted by Gasteiger charge is -2.08. The molecule has 17 heavy (non-hydrogen) atoms. The predicted octanol–water partition coefficient (Wildman–Crippen LogP) is 3.06. The van der Waals surface area contributed by atoms with Crippen LogP contribution in [0.25, 0.3) is 0 Å². The number of benzene rings is 1. The Morgan fingerprint density at radius 2 is 2.06 bits per heavy atom. The van der Waals surface area contributed by atoms with Gasteiger partial charge in [-0.15, -0.1) is 0 Å². The van der Waals surface area contributed by atoms with E-state index in [0.717, 1.165) is 12.1 Å². The maximum Gasteiger partial charge on any atom is 0.446 e. The Labute approximate surface area is 100 Å². The van der Waals surface area contributed by atoms with E-state index < -0.39 is 11.5 Å². The Bertz CT molecular complexity index is 421. The summed E-state index contributed by atoms with van der Waals surface area (Å²) in [6.45, 7) is 1.75. The largest absolute Gasteiger partial charge is 0.462 e. The van der Waals surface area contributed by atoms with Gasteiger partial charge in [0, 0.05) is 10.6 Å². The third-order valence-electron chi connectivity index (χ3n) is 1.67. The smallest absolute Gasteiger partial charge is 0.446 e. The number of rotatable bonds is 3. The molecule has 0 radical (unpaired) electrons. The number of halogens is 3. The normalized spacial score (nSPS) is 11.3. The van der Waals surface area contributed by atoms with Crippen LogP contribution in [0.2, 0.25) is 0 Å². The van der Waals surface area contributed by atoms with E-state index in [1.165, 1.54) is 6.07 Å². The van der Waals surface area contributed by atoms with Crippen LogP contribution in [-0.4, -0.2) is 18.1 Å². The zero-order chi connectivity index (χ0) is 13.1. The molecule has 3 nitrogen and oxygen atoms in total. The summed E-state index contributed by atoms with van der Waals surface area (Å²) < 4.78 is 41.2. The van der Waals surface area contributed by atoms with Crippen molar-refractivity contribution in [1.29, 1.82) is 0 Å². The molecular formula is C10H10F3NO2S. The number of alkyl halides is 3. The van der Waals surface area contributed by atoms with E-state index in [9.17, 15) is 18.0 Å². The second-order valence-corrected chi connectivity index (χ2v) is 4.20. The molecule has 1 aromatic rings. The number of carbonyl (C=O) groups is 1. The van der Waals surface area contributed by atoms with Gasteiger partial charge in [-0.3, -0.25) is 0 Å². The van der Waals surface area contributed by atoms with Crippen LogP contribution < -0.4 is 5.73 Å². The molecule has 0 fully saturated rings. The topological polar surface area (TPSA) is 52.3 Å². The van der Waals surface area contributed by atoms with Crippen LogP contribution in [-0.2, 0) is 4.74 Å². The first-order valence-electron chi connectivity index (χ1n) is 4.65. The summed E-state index contributed by atoms with van der Waals surface area (Å²) in [6.07, 6.45) is 0. The van der Waals surface area contributed by atoms with Gasteiger partial charge in [-0.25, -0.2) is 4.79 Å². The molecule has 0 aliphatic heterocycles. The molecule has 0 aromatic heterocycles. The van der Waals surface area contributed by atoms with Gasteiger partial charge in [0.05, 0.1) is 12.2 Å². The van der Waals surface area contributed by atoms with Crippen molar-refractivity contribution in [2.75, 3.05) is 12.3 Å². The fourth-order valence-corrected chi connectivity index (χ4v) is 1.80. The number of carbonyl (C=O) groups excluding carboxylic acids is 1. The van der Waals surface area contributed by atoms with Gasteiger partial charge >= 0.3 is 11.5 Å². The number of hydrogen-bond acceptors (Lipinski definition) is 4. The lowest BCUT2D eigenvalue weighted by molar-refractivity contribution is -0.0328. The monoisotopic (exact) mass is 265 g/mol. The van der Waals surface area contributed by atoms with Gasteiger partial charge in [-0.2, -0.15) is 13.2 Å². The summed E-state index contributed by atoms with van der Waals surface area (Å²) in [4.78, 5) is 11.2. The van der Waals surface area contributed by atoms with Gasteiger partial charge < -0.3 is 10.5 Å². The summed E-state index contributed by atoms with van der Waals surface area (Å²) in [5.74, 6) is -0.691. The van der Waals surface area contributed by atoms with Crippen molar-refractivity contribution in [2.24, 2.45) is 0 Å². The summed E-state index contributed by atoms with van der Waals surface area (Å²) in [5, 5.41) is 0. The molecule has 2 N–H and O–H groups in total. The predicted molar refractivity (Wildman–Crippen MR) is 58.7 cm³/mol. The van der Waals surface area contributed by atoms with Crippen LogP contribution in [0.5, 0.6) is 0 Å². The highest BCUT2D eigenvalue weighted by atomic mass is 32.2. The quantitative estimate of drug-likeness (QED) is 0.518. The minimum atomic E-state index is -4.42. The maximum atomic E-state index is 12.2. The minimum Gasteiger partial charge on any atom is -0.462 e. The summed E-state index contributed by atoms with van der Waals surface area (Å²) in [7, 11) is 0. The first kappa shape index (κ1) is 13.7. The molecule has 1 aromatic carbocycles. The lowest BCUT2D eigenvalue weighted by Crippen LogP contribution is -2.06. The highest BCUT2D eigenvalue weighted by Crippen LogP contribution is 2.37. The van der Waals surface area contributed by atoms with Gasteiger partial charge in [-0.1, -0.05) is 0 Å². The minimum absolute atomic E-state index is 0.0126. The zero-order valence-corrected chi connectivity index (χ0v) is 9.69. The molecule has 0 spiro atoms. The number of anilines is 1. The average molecular weight is 265 g/mol. The van der Waals surface area contributed by atoms with Crippen molar-refractivity contribution in [2.45, 2.75) is 17.3 Å². The van der Waals surface area contributed by atoms with Crippen LogP contribution in [0.1, 0.15) is 17.3 Å². The highest BCUT2D eigenvalue weighted by molar-refractivity contribution is 8.00. The van der Waals surface area contributed by atoms with Gasteiger partial charge in [0.1, 0.15) is 0 Å². The van der Waals surface area contributed by atoms with Gasteiger partial charge in [0.25, 0.3) is 0 Å². The highest BCUT2D eigenvalue weighted by Gasteiger charge is 2.29. The van der Waals surface area contributed by atoms with Crippen molar-refractivity contribution in [3.8, 4) is 0 Å². The Morgan fingerprint density at radius 1 is 1.41 bits per heavy atom. The standard InChI is InChI=1S/C10H10F3NO2S/c1-2-16-9(15)6-3-7(14)5-8(4-6)17-10(11,12)13/h3-5H,2,14H2,1H3. The molecule has 0 heterocycles. The first-order chi connectivity index (χ1) is 7.81. The van der Waals surface area contributed by atoms with Gasteiger partial charge in [0.2, 0.25) is 0 Å². The van der Waals surface area contributed by atoms with E-state index in [1.807, 2.05) is 0 Å². The third kappa shape index (κ3) is 4.56. The third-order valence-corrected chi connectivity index (χ3v) is 2.38. The van der Waals surface area contributed by atoms with Crippen LogP contribution in [0.4, 0.5) is 18.9 Å². The average Bonchev–Trinajstić information content (AvgIpc) is 2.14. The number of nitrogen functional groups attached to an aromatic ring is 1. The molecule has 0 aliphatic rings. The molecular weight excluding hydrogens is 255 g/mol. The summed E-state index contributed by atoms with van der Waals surface area (Å²) >= 11 is -0.323. The SMILES string of the molecule is CCOC(=O)c1cc(N)cc(SC(F)(F)F)c1. The van der Waals surface area contributed by atoms with Crippen LogP contribution in [0.3, 0.4) is 0 Å². The maximum absolute atomic E-state index is 12.2. The Kier molecular flexibility index (Phi) is 4.28. The molecule has 7 heteroatoms. The fraction of sp³-hybridized carbons (Fsp3) is 0.300. The first-order valence-corrected chi connectivity index (χ1v) is 5.47. The second-order valence-electron chi connectivity index (χ2n) is 3.06. The number of ether oxygens (including phenoxy) is 1. The van der Waals surface area contributed by atoms with Crippen LogP contribution in [0.15, 0.2) is 23.1 Å². The number of hydrogen-bond donors (Lipinski definition) is 1. The molecule has 0 amide bonds. The van der Waals surface area contributed by atoms with Crippen molar-refractivity contribution < 1.29 is 22.7 Å². The second kappa shape index (κ2) is 5.31. The molecule has 0 atom stereocenters. The summed E-state index contributed by atoms with van der Waals surface area (Å²) in [6, 6.07) is 3.53. The fourth-order valence-electron chi connectivity index (χ4n) is 1.15. The van der Waals surface area contributed by atoms with Crippen molar-refractivity contribution in [3.63, 3.8) is 0 Å². The Morgan fingerprint density at radius 3 is 2.59 bits per heavy atom. The van der Waals surface area contributed by atoms with Gasteiger partial charge in [0.15, 0.2) is 0 Å². The van der Waals surface area contributed by atoms with E-state index in [4.69, 9.17) is 5.73 Å². The van der Waals surface area contributed by atoms with Crippen molar-refractivity contribution in [1.82, 2.24) is 0 Å². The van der Waals surface area contributed by atoms with E-state index in [-0.39, 0.29) is 34.5 Å². The number of thioether (sulfide) groups is 1. The molecule has 0 aliphatic carbocycles. The lowest BCUT2D eigenvalue weighted by atomic mass is 10.2. The zero-order valence-electron chi connectivity index (χ0n) is 8.88. The van der Waals surface area contributed by atoms with E-state index in [2.05, 4.69) is 4.74 Å². The van der Waals surface area contributed by atoms with E-state index >= 15 is 0 Å². The molecule has 0 unspecified atom stereocenters. The van der Waals surface area contributed by atoms with E-state index in [1.54, 1.807) is 6.92 Å². The molecule has 94 valence electrons. The molecule has 0 bridgehead atoms. The van der Waals surface area contributed by atoms with Crippen LogP contribution >= 0.6 is 11.8 Å². The Hall–Kier alpha value is -1.37. The van der Waals surface area contributed by atoms with Crippen molar-refractivity contribution >= 4 is 23.4 Å². The van der Waals surface area contributed by atoms with Crippen LogP contribution in [0, 0.1) is 0 Å². The molecule has 0 saturated heterocycles. The van der Waals surface area contributed by atoms with Gasteiger partial charge in [-0.05, 0) is 36.9 Å². The molecule has 1 rings (SSSR count). The van der Waals surface area contributed by atoms with E-state index in [0.29, 0.717) is 0 Å². The molecule has 0 saturated carbocycles. The Balaban J connectivity index is 2.98. The van der Waals surface area contributed by atoms with Crippen molar-refractivity contribution in [3.05, 3.63) is 23.8 Å².